The maximum atomic E-state index is 12.4. The molecule has 19 heavy (non-hydrogen) atoms. The summed E-state index contributed by atoms with van der Waals surface area (Å²) >= 11 is 1.27. The Labute approximate surface area is 116 Å². The smallest absolute Gasteiger partial charge is 0.264 e. The van der Waals surface area contributed by atoms with E-state index >= 15 is 0 Å². The van der Waals surface area contributed by atoms with Gasteiger partial charge in [-0.25, -0.2) is 0 Å². The Morgan fingerprint density at radius 1 is 1.47 bits per heavy atom. The zero-order valence-electron chi connectivity index (χ0n) is 10.9. The van der Waals surface area contributed by atoms with Gasteiger partial charge in [0.25, 0.3) is 5.91 Å². The molecular weight excluding hydrogens is 264 g/mol. The zero-order chi connectivity index (χ0) is 13.8. The summed E-state index contributed by atoms with van der Waals surface area (Å²) in [5, 5.41) is 12.7. The van der Waals surface area contributed by atoms with Crippen molar-refractivity contribution >= 4 is 28.2 Å². The summed E-state index contributed by atoms with van der Waals surface area (Å²) in [5.74, 6) is -0.201. The molecule has 0 radical (unpaired) electrons. The molecule has 1 atom stereocenters. The molecule has 2 amide bonds. The summed E-state index contributed by atoms with van der Waals surface area (Å²) in [6, 6.07) is 3.38. The lowest BCUT2D eigenvalue weighted by Crippen LogP contribution is -2.45. The largest absolute Gasteiger partial charge is 0.394 e. The SMILES string of the molecule is CC(=O)Nc1ccc(C(=O)N2CCCCC2CO)s1. The molecule has 0 aromatic carbocycles. The van der Waals surface area contributed by atoms with Crippen molar-refractivity contribution in [2.75, 3.05) is 18.5 Å². The van der Waals surface area contributed by atoms with Crippen LogP contribution in [0.2, 0.25) is 0 Å². The summed E-state index contributed by atoms with van der Waals surface area (Å²) in [7, 11) is 0. The van der Waals surface area contributed by atoms with Crippen molar-refractivity contribution in [2.45, 2.75) is 32.2 Å². The third-order valence-electron chi connectivity index (χ3n) is 3.21. The number of likely N-dealkylation sites (tertiary alicyclic amines) is 1. The van der Waals surface area contributed by atoms with Crippen LogP contribution in [-0.2, 0) is 4.79 Å². The van der Waals surface area contributed by atoms with Crippen molar-refractivity contribution < 1.29 is 14.7 Å². The van der Waals surface area contributed by atoms with Gasteiger partial charge in [-0.05, 0) is 31.4 Å². The van der Waals surface area contributed by atoms with E-state index in [9.17, 15) is 14.7 Å². The molecule has 2 heterocycles. The van der Waals surface area contributed by atoms with E-state index in [1.807, 2.05) is 0 Å². The van der Waals surface area contributed by atoms with Gasteiger partial charge in [0.05, 0.1) is 22.5 Å². The van der Waals surface area contributed by atoms with Crippen molar-refractivity contribution in [3.05, 3.63) is 17.0 Å². The minimum Gasteiger partial charge on any atom is -0.394 e. The molecule has 1 aliphatic rings. The Kier molecular flexibility index (Phi) is 4.55. The normalized spacial score (nSPS) is 19.3. The number of hydrogen-bond donors (Lipinski definition) is 2. The molecule has 0 bridgehead atoms. The molecule has 1 fully saturated rings. The molecule has 1 saturated heterocycles. The quantitative estimate of drug-likeness (QED) is 0.886. The molecule has 1 unspecified atom stereocenters. The van der Waals surface area contributed by atoms with E-state index in [4.69, 9.17) is 0 Å². The lowest BCUT2D eigenvalue weighted by Gasteiger charge is -2.34. The van der Waals surface area contributed by atoms with Crippen LogP contribution in [0.5, 0.6) is 0 Å². The molecule has 1 aliphatic heterocycles. The fraction of sp³-hybridized carbons (Fsp3) is 0.538. The minimum atomic E-state index is -0.146. The summed E-state index contributed by atoms with van der Waals surface area (Å²) in [6.07, 6.45) is 2.88. The fourth-order valence-corrected chi connectivity index (χ4v) is 3.20. The first kappa shape index (κ1) is 14.0. The van der Waals surface area contributed by atoms with E-state index in [1.54, 1.807) is 17.0 Å². The van der Waals surface area contributed by atoms with Crippen LogP contribution in [0, 0.1) is 0 Å². The number of amides is 2. The van der Waals surface area contributed by atoms with Crippen LogP contribution < -0.4 is 5.32 Å². The number of aliphatic hydroxyl groups excluding tert-OH is 1. The third-order valence-corrected chi connectivity index (χ3v) is 4.20. The van der Waals surface area contributed by atoms with Crippen LogP contribution in [0.15, 0.2) is 12.1 Å². The van der Waals surface area contributed by atoms with E-state index < -0.39 is 0 Å². The molecule has 1 aromatic rings. The highest BCUT2D eigenvalue weighted by Gasteiger charge is 2.27. The van der Waals surface area contributed by atoms with E-state index in [0.717, 1.165) is 19.3 Å². The second-order valence-corrected chi connectivity index (χ2v) is 5.76. The lowest BCUT2D eigenvalue weighted by molar-refractivity contribution is -0.114. The molecule has 6 heteroatoms. The van der Waals surface area contributed by atoms with Crippen molar-refractivity contribution in [3.8, 4) is 0 Å². The van der Waals surface area contributed by atoms with Crippen molar-refractivity contribution in [2.24, 2.45) is 0 Å². The molecule has 0 spiro atoms. The van der Waals surface area contributed by atoms with Crippen molar-refractivity contribution in [1.29, 1.82) is 0 Å². The van der Waals surface area contributed by atoms with Gasteiger partial charge in [-0.2, -0.15) is 0 Å². The predicted octanol–water partition coefficient (Wildman–Crippen LogP) is 1.69. The number of carbonyl (C=O) groups excluding carboxylic acids is 2. The molecule has 5 nitrogen and oxygen atoms in total. The van der Waals surface area contributed by atoms with Crippen LogP contribution in [0.1, 0.15) is 35.9 Å². The maximum absolute atomic E-state index is 12.4. The first-order valence-corrected chi connectivity index (χ1v) is 7.22. The highest BCUT2D eigenvalue weighted by Crippen LogP contribution is 2.26. The number of aliphatic hydroxyl groups is 1. The van der Waals surface area contributed by atoms with Gasteiger partial charge in [-0.15, -0.1) is 11.3 Å². The standard InChI is InChI=1S/C13H18N2O3S/c1-9(17)14-12-6-5-11(19-12)13(18)15-7-3-2-4-10(15)8-16/h5-6,10,16H,2-4,7-8H2,1H3,(H,14,17). The Bertz CT molecular complexity index is 472. The summed E-state index contributed by atoms with van der Waals surface area (Å²) < 4.78 is 0. The van der Waals surface area contributed by atoms with Crippen LogP contribution in [0.25, 0.3) is 0 Å². The Hall–Kier alpha value is -1.40. The average Bonchev–Trinajstić information content (AvgIpc) is 2.85. The first-order chi connectivity index (χ1) is 9.11. The van der Waals surface area contributed by atoms with E-state index in [0.29, 0.717) is 16.4 Å². The van der Waals surface area contributed by atoms with E-state index in [2.05, 4.69) is 5.32 Å². The lowest BCUT2D eigenvalue weighted by atomic mass is 10.0. The molecule has 1 aromatic heterocycles. The van der Waals surface area contributed by atoms with Gasteiger partial charge in [0, 0.05) is 13.5 Å². The van der Waals surface area contributed by atoms with E-state index in [1.165, 1.54) is 18.3 Å². The van der Waals surface area contributed by atoms with Crippen LogP contribution >= 0.6 is 11.3 Å². The minimum absolute atomic E-state index is 0.00959. The second-order valence-electron chi connectivity index (χ2n) is 4.68. The molecule has 2 N–H and O–H groups in total. The van der Waals surface area contributed by atoms with Gasteiger partial charge in [0.1, 0.15) is 0 Å². The van der Waals surface area contributed by atoms with Gasteiger partial charge in [-0.1, -0.05) is 0 Å². The molecule has 2 rings (SSSR count). The van der Waals surface area contributed by atoms with Crippen LogP contribution in [0.3, 0.4) is 0 Å². The maximum Gasteiger partial charge on any atom is 0.264 e. The predicted molar refractivity (Wildman–Crippen MR) is 74.4 cm³/mol. The van der Waals surface area contributed by atoms with E-state index in [-0.39, 0.29) is 24.5 Å². The number of thiophene rings is 1. The van der Waals surface area contributed by atoms with Gasteiger partial charge in [-0.3, -0.25) is 9.59 Å². The monoisotopic (exact) mass is 282 g/mol. The fourth-order valence-electron chi connectivity index (χ4n) is 2.29. The summed E-state index contributed by atoms with van der Waals surface area (Å²) in [5.41, 5.74) is 0. The number of nitrogens with one attached hydrogen (secondary N) is 1. The average molecular weight is 282 g/mol. The highest BCUT2D eigenvalue weighted by molar-refractivity contribution is 7.18. The Balaban J connectivity index is 2.09. The number of rotatable bonds is 3. The first-order valence-electron chi connectivity index (χ1n) is 6.41. The van der Waals surface area contributed by atoms with Gasteiger partial charge >= 0.3 is 0 Å². The number of piperidine rings is 1. The number of nitrogens with zero attached hydrogens (tertiary/aromatic N) is 1. The number of hydrogen-bond acceptors (Lipinski definition) is 4. The Morgan fingerprint density at radius 2 is 2.26 bits per heavy atom. The zero-order valence-corrected chi connectivity index (χ0v) is 11.7. The molecule has 0 saturated carbocycles. The van der Waals surface area contributed by atoms with Gasteiger partial charge in [0.2, 0.25) is 5.91 Å². The van der Waals surface area contributed by atoms with Crippen LogP contribution in [0.4, 0.5) is 5.00 Å². The number of anilines is 1. The summed E-state index contributed by atoms with van der Waals surface area (Å²) in [4.78, 5) is 25.7. The number of carbonyl (C=O) groups is 2. The highest BCUT2D eigenvalue weighted by atomic mass is 32.1. The van der Waals surface area contributed by atoms with Gasteiger partial charge in [0.15, 0.2) is 0 Å². The summed E-state index contributed by atoms with van der Waals surface area (Å²) in [6.45, 7) is 2.14. The van der Waals surface area contributed by atoms with Crippen molar-refractivity contribution in [1.82, 2.24) is 4.90 Å². The molecule has 0 aliphatic carbocycles. The third kappa shape index (κ3) is 3.33. The van der Waals surface area contributed by atoms with Crippen LogP contribution in [-0.4, -0.2) is 41.0 Å². The second kappa shape index (κ2) is 6.16. The topological polar surface area (TPSA) is 69.6 Å². The van der Waals surface area contributed by atoms with Crippen molar-refractivity contribution in [3.63, 3.8) is 0 Å². The molecule has 104 valence electrons. The Morgan fingerprint density at radius 3 is 2.95 bits per heavy atom. The van der Waals surface area contributed by atoms with Gasteiger partial charge < -0.3 is 15.3 Å². The molecular formula is C13H18N2O3S.